The molecule has 0 spiro atoms. The first-order valence-electron chi connectivity index (χ1n) is 5.29. The van der Waals surface area contributed by atoms with Crippen molar-refractivity contribution in [3.8, 4) is 0 Å². The minimum atomic E-state index is -4.96. The number of alkyl halides is 3. The fourth-order valence-corrected chi connectivity index (χ4v) is 1.72. The number of rotatable bonds is 3. The number of carboxylic acid groups (broad SMARTS) is 1. The number of halogens is 5. The van der Waals surface area contributed by atoms with Gasteiger partial charge in [0.2, 0.25) is 0 Å². The molecule has 0 aliphatic heterocycles. The Morgan fingerprint density at radius 2 is 1.90 bits per heavy atom. The molecule has 4 nitrogen and oxygen atoms in total. The van der Waals surface area contributed by atoms with E-state index in [0.717, 1.165) is 17.0 Å². The number of fused-ring (bicyclic) bond motifs is 1. The van der Waals surface area contributed by atoms with E-state index in [1.54, 1.807) is 0 Å². The number of imidazole rings is 1. The third-order valence-electron chi connectivity index (χ3n) is 2.74. The first-order chi connectivity index (χ1) is 9.20. The van der Waals surface area contributed by atoms with Gasteiger partial charge in [0.05, 0.1) is 17.4 Å². The molecule has 1 N–H and O–H groups in total. The number of aliphatic carboxylic acids is 1. The molecule has 0 aliphatic carbocycles. The number of carbonyl (C=O) groups is 1. The van der Waals surface area contributed by atoms with Crippen molar-refractivity contribution in [2.45, 2.75) is 12.7 Å². The fraction of sp³-hybridized carbons (Fsp3) is 0.273. The van der Waals surface area contributed by atoms with Crippen molar-refractivity contribution in [2.75, 3.05) is 0 Å². The highest BCUT2D eigenvalue weighted by Gasteiger charge is 2.45. The van der Waals surface area contributed by atoms with Gasteiger partial charge in [-0.2, -0.15) is 13.2 Å². The molecule has 0 bridgehead atoms. The number of hydrogen-bond acceptors (Lipinski definition) is 2. The molecule has 1 atom stereocenters. The van der Waals surface area contributed by atoms with Gasteiger partial charge in [0.15, 0.2) is 17.6 Å². The smallest absolute Gasteiger partial charge is 0.403 e. The molecule has 0 aliphatic rings. The van der Waals surface area contributed by atoms with E-state index in [1.807, 2.05) is 0 Å². The summed E-state index contributed by atoms with van der Waals surface area (Å²) in [5, 5.41) is 8.59. The van der Waals surface area contributed by atoms with E-state index in [0.29, 0.717) is 6.07 Å². The lowest BCUT2D eigenvalue weighted by Crippen LogP contribution is -2.34. The molecule has 2 rings (SSSR count). The highest BCUT2D eigenvalue weighted by Crippen LogP contribution is 2.29. The molecule has 0 radical (unpaired) electrons. The second-order valence-corrected chi connectivity index (χ2v) is 4.08. The van der Waals surface area contributed by atoms with Crippen LogP contribution in [0.4, 0.5) is 22.0 Å². The van der Waals surface area contributed by atoms with Gasteiger partial charge in [0.25, 0.3) is 0 Å². The number of benzene rings is 1. The molecule has 0 fully saturated rings. The minimum absolute atomic E-state index is 0.0600. The summed E-state index contributed by atoms with van der Waals surface area (Å²) in [7, 11) is 0. The molecule has 9 heteroatoms. The Hall–Kier alpha value is -2.19. The summed E-state index contributed by atoms with van der Waals surface area (Å²) in [6, 6.07) is 1.40. The van der Waals surface area contributed by atoms with Crippen molar-refractivity contribution in [1.82, 2.24) is 9.55 Å². The predicted octanol–water partition coefficient (Wildman–Crippen LogP) is 2.58. The zero-order chi connectivity index (χ0) is 15.1. The Balaban J connectivity index is 2.43. The molecule has 20 heavy (non-hydrogen) atoms. The third kappa shape index (κ3) is 2.56. The van der Waals surface area contributed by atoms with Crippen molar-refractivity contribution in [3.63, 3.8) is 0 Å². The van der Waals surface area contributed by atoms with Crippen LogP contribution in [0.5, 0.6) is 0 Å². The van der Waals surface area contributed by atoms with Crippen LogP contribution in [0.25, 0.3) is 11.0 Å². The minimum Gasteiger partial charge on any atom is -0.481 e. The Morgan fingerprint density at radius 3 is 2.45 bits per heavy atom. The van der Waals surface area contributed by atoms with E-state index < -0.39 is 36.2 Å². The van der Waals surface area contributed by atoms with Crippen LogP contribution >= 0.6 is 0 Å². The van der Waals surface area contributed by atoms with Gasteiger partial charge in [0, 0.05) is 18.7 Å². The lowest BCUT2D eigenvalue weighted by Gasteiger charge is -2.16. The molecule has 1 aromatic heterocycles. The summed E-state index contributed by atoms with van der Waals surface area (Å²) in [5.74, 6) is -7.15. The number of hydrogen-bond donors (Lipinski definition) is 1. The Morgan fingerprint density at radius 1 is 1.30 bits per heavy atom. The van der Waals surface area contributed by atoms with Gasteiger partial charge >= 0.3 is 12.1 Å². The van der Waals surface area contributed by atoms with Gasteiger partial charge in [-0.05, 0) is 0 Å². The van der Waals surface area contributed by atoms with E-state index in [4.69, 9.17) is 5.11 Å². The van der Waals surface area contributed by atoms with Crippen LogP contribution in [0.2, 0.25) is 0 Å². The number of nitrogens with zero attached hydrogens (tertiary/aromatic N) is 2. The summed E-state index contributed by atoms with van der Waals surface area (Å²) in [6.07, 6.45) is -4.05. The average Bonchev–Trinajstić information content (AvgIpc) is 2.67. The molecular weight excluding hydrogens is 287 g/mol. The van der Waals surface area contributed by atoms with Crippen LogP contribution in [0.3, 0.4) is 0 Å². The summed E-state index contributed by atoms with van der Waals surface area (Å²) in [5.41, 5.74) is -0.172. The monoisotopic (exact) mass is 294 g/mol. The normalized spacial score (nSPS) is 13.7. The van der Waals surface area contributed by atoms with E-state index in [2.05, 4.69) is 4.98 Å². The van der Waals surface area contributed by atoms with Gasteiger partial charge in [0.1, 0.15) is 0 Å². The van der Waals surface area contributed by atoms with Crippen molar-refractivity contribution in [1.29, 1.82) is 0 Å². The predicted molar refractivity (Wildman–Crippen MR) is 56.8 cm³/mol. The molecule has 0 amide bonds. The molecule has 0 saturated heterocycles. The molecule has 1 heterocycles. The first-order valence-corrected chi connectivity index (χ1v) is 5.29. The maximum atomic E-state index is 13.1. The highest BCUT2D eigenvalue weighted by atomic mass is 19.4. The molecule has 1 aromatic carbocycles. The Bertz CT molecular complexity index is 665. The average molecular weight is 294 g/mol. The maximum absolute atomic E-state index is 13.1. The van der Waals surface area contributed by atoms with Gasteiger partial charge in [-0.25, -0.2) is 13.8 Å². The van der Waals surface area contributed by atoms with Gasteiger partial charge in [-0.3, -0.25) is 4.79 Å². The summed E-state index contributed by atoms with van der Waals surface area (Å²) >= 11 is 0. The zero-order valence-electron chi connectivity index (χ0n) is 9.66. The summed E-state index contributed by atoms with van der Waals surface area (Å²) < 4.78 is 64.5. The van der Waals surface area contributed by atoms with Crippen LogP contribution in [-0.4, -0.2) is 26.8 Å². The molecule has 0 saturated carbocycles. The molecule has 108 valence electrons. The van der Waals surface area contributed by atoms with Gasteiger partial charge in [-0.1, -0.05) is 0 Å². The van der Waals surface area contributed by atoms with Gasteiger partial charge in [-0.15, -0.1) is 0 Å². The van der Waals surface area contributed by atoms with Gasteiger partial charge < -0.3 is 9.67 Å². The molecule has 1 unspecified atom stereocenters. The zero-order valence-corrected chi connectivity index (χ0v) is 9.66. The summed E-state index contributed by atoms with van der Waals surface area (Å²) in [6.45, 7) is -0.972. The van der Waals surface area contributed by atoms with Crippen LogP contribution in [0.1, 0.15) is 0 Å². The quantitative estimate of drug-likeness (QED) is 0.885. The number of carboxylic acids is 1. The van der Waals surface area contributed by atoms with Crippen LogP contribution in [-0.2, 0) is 11.3 Å². The molecule has 2 aromatic rings. The fourth-order valence-electron chi connectivity index (χ4n) is 1.72. The SMILES string of the molecule is O=C(O)C(Cn1cnc2cc(F)c(F)cc21)C(F)(F)F. The van der Waals surface area contributed by atoms with E-state index in [9.17, 15) is 26.7 Å². The largest absolute Gasteiger partial charge is 0.481 e. The second kappa shape index (κ2) is 4.73. The lowest BCUT2D eigenvalue weighted by atomic mass is 10.1. The standard InChI is InChI=1S/C11H7F5N2O2/c12-6-1-8-9(2-7(6)13)18(4-17-8)3-5(10(19)20)11(14,15)16/h1-2,4-5H,3H2,(H,19,20). The van der Waals surface area contributed by atoms with Crippen LogP contribution in [0, 0.1) is 17.6 Å². The number of aromatic nitrogens is 2. The summed E-state index contributed by atoms with van der Waals surface area (Å²) in [4.78, 5) is 14.3. The third-order valence-corrected chi connectivity index (χ3v) is 2.74. The van der Waals surface area contributed by atoms with Crippen LogP contribution in [0.15, 0.2) is 18.5 Å². The Kier molecular flexibility index (Phi) is 3.36. The van der Waals surface area contributed by atoms with Crippen molar-refractivity contribution >= 4 is 17.0 Å². The van der Waals surface area contributed by atoms with Crippen LogP contribution < -0.4 is 0 Å². The molecular formula is C11H7F5N2O2. The van der Waals surface area contributed by atoms with Crippen molar-refractivity contribution in [3.05, 3.63) is 30.1 Å². The highest BCUT2D eigenvalue weighted by molar-refractivity contribution is 5.76. The van der Waals surface area contributed by atoms with E-state index >= 15 is 0 Å². The van der Waals surface area contributed by atoms with Crippen molar-refractivity contribution in [2.24, 2.45) is 5.92 Å². The van der Waals surface area contributed by atoms with E-state index in [1.165, 1.54) is 0 Å². The lowest BCUT2D eigenvalue weighted by molar-refractivity contribution is -0.195. The maximum Gasteiger partial charge on any atom is 0.403 e. The van der Waals surface area contributed by atoms with E-state index in [-0.39, 0.29) is 11.0 Å². The second-order valence-electron chi connectivity index (χ2n) is 4.08. The Labute approximate surface area is 108 Å². The topological polar surface area (TPSA) is 55.1 Å². The first kappa shape index (κ1) is 14.2. The van der Waals surface area contributed by atoms with Crippen molar-refractivity contribution < 1.29 is 31.9 Å².